The van der Waals surface area contributed by atoms with Gasteiger partial charge in [-0.3, -0.25) is 0 Å². The predicted molar refractivity (Wildman–Crippen MR) is 145 cm³/mol. The molecular formula is C27H21BrClN3O2S. The maximum absolute atomic E-state index is 6.53. The van der Waals surface area contributed by atoms with Crippen LogP contribution in [0.3, 0.4) is 0 Å². The lowest BCUT2D eigenvalue weighted by molar-refractivity contribution is 0.288. The molecule has 0 fully saturated rings. The van der Waals surface area contributed by atoms with E-state index in [1.54, 1.807) is 12.1 Å². The largest absolute Gasteiger partial charge is 0.488 e. The highest BCUT2D eigenvalue weighted by molar-refractivity contribution is 9.10. The van der Waals surface area contributed by atoms with Crippen LogP contribution < -0.4 is 15.2 Å². The molecule has 0 amide bonds. The number of halogens is 2. The van der Waals surface area contributed by atoms with Crippen molar-refractivity contribution in [1.82, 2.24) is 8.75 Å². The van der Waals surface area contributed by atoms with E-state index in [2.05, 4.69) is 42.9 Å². The van der Waals surface area contributed by atoms with Crippen molar-refractivity contribution < 1.29 is 9.47 Å². The smallest absolute Gasteiger partial charge is 0.142 e. The molecule has 1 heterocycles. The number of nitrogens with two attached hydrogens (primary N) is 1. The first-order valence-electron chi connectivity index (χ1n) is 10.9. The topological polar surface area (TPSA) is 70.3 Å². The summed E-state index contributed by atoms with van der Waals surface area (Å²) in [6.45, 7) is 0.968. The van der Waals surface area contributed by atoms with E-state index < -0.39 is 0 Å². The normalized spacial score (nSPS) is 11.1. The summed E-state index contributed by atoms with van der Waals surface area (Å²) in [6, 6.07) is 25.8. The molecule has 0 unspecified atom stereocenters. The Labute approximate surface area is 220 Å². The van der Waals surface area contributed by atoms with E-state index in [1.807, 2.05) is 48.5 Å². The molecule has 8 heteroatoms. The lowest BCUT2D eigenvalue weighted by Gasteiger charge is -2.16. The Morgan fingerprint density at radius 1 is 0.800 bits per heavy atom. The zero-order chi connectivity index (χ0) is 24.2. The van der Waals surface area contributed by atoms with Gasteiger partial charge in [-0.15, -0.1) is 0 Å². The molecule has 0 saturated heterocycles. The second-order valence-electron chi connectivity index (χ2n) is 7.87. The fourth-order valence-electron chi connectivity index (χ4n) is 3.80. The molecule has 0 aliphatic carbocycles. The Hall–Kier alpha value is -2.97. The molecule has 2 N–H and O–H groups in total. The molecule has 0 saturated carbocycles. The fraction of sp³-hybridized carbons (Fsp3) is 0.111. The van der Waals surface area contributed by atoms with Crippen LogP contribution in [-0.2, 0) is 19.8 Å². The molecule has 4 aromatic carbocycles. The average Bonchev–Trinajstić information content (AvgIpc) is 3.38. The highest BCUT2D eigenvalue weighted by Gasteiger charge is 2.14. The first kappa shape index (κ1) is 23.8. The summed E-state index contributed by atoms with van der Waals surface area (Å²) in [5.74, 6) is 1.16. The monoisotopic (exact) mass is 565 g/mol. The average molecular weight is 567 g/mol. The van der Waals surface area contributed by atoms with Crippen molar-refractivity contribution in [3.05, 3.63) is 105 Å². The summed E-state index contributed by atoms with van der Waals surface area (Å²) in [5, 5.41) is 0.485. The van der Waals surface area contributed by atoms with Crippen LogP contribution in [0.25, 0.3) is 22.2 Å². The molecule has 0 bridgehead atoms. The minimum absolute atomic E-state index is 0.294. The first-order chi connectivity index (χ1) is 17.1. The SMILES string of the molecule is NCc1cc(Cl)c(OCc2cccc(-c3ccccc3)c2Br)cc1OCc1cccc2nsnc12. The summed E-state index contributed by atoms with van der Waals surface area (Å²) < 4.78 is 22.0. The zero-order valence-corrected chi connectivity index (χ0v) is 21.7. The number of aromatic nitrogens is 2. The highest BCUT2D eigenvalue weighted by atomic mass is 79.9. The van der Waals surface area contributed by atoms with Crippen molar-refractivity contribution in [1.29, 1.82) is 0 Å². The Morgan fingerprint density at radius 2 is 1.54 bits per heavy atom. The summed E-state index contributed by atoms with van der Waals surface area (Å²) in [7, 11) is 0. The van der Waals surface area contributed by atoms with E-state index in [-0.39, 0.29) is 0 Å². The Bertz CT molecular complexity index is 1480. The first-order valence-corrected chi connectivity index (χ1v) is 12.8. The molecule has 5 aromatic rings. The minimum Gasteiger partial charge on any atom is -0.488 e. The van der Waals surface area contributed by atoms with Crippen molar-refractivity contribution in [2.75, 3.05) is 0 Å². The molecule has 0 aliphatic rings. The van der Waals surface area contributed by atoms with Crippen LogP contribution in [0, 0.1) is 0 Å². The highest BCUT2D eigenvalue weighted by Crippen LogP contribution is 2.36. The van der Waals surface area contributed by atoms with Crippen LogP contribution in [0.4, 0.5) is 0 Å². The van der Waals surface area contributed by atoms with Crippen molar-refractivity contribution in [3.63, 3.8) is 0 Å². The van der Waals surface area contributed by atoms with E-state index >= 15 is 0 Å². The molecule has 176 valence electrons. The number of benzene rings is 4. The fourth-order valence-corrected chi connectivity index (χ4v) is 5.22. The van der Waals surface area contributed by atoms with Gasteiger partial charge in [0.05, 0.1) is 16.8 Å². The van der Waals surface area contributed by atoms with Gasteiger partial charge in [0, 0.05) is 33.8 Å². The van der Waals surface area contributed by atoms with E-state index in [0.717, 1.165) is 43.3 Å². The molecule has 0 radical (unpaired) electrons. The predicted octanol–water partition coefficient (Wildman–Crippen LogP) is 7.39. The van der Waals surface area contributed by atoms with Gasteiger partial charge in [-0.05, 0) is 39.2 Å². The molecule has 5 rings (SSSR count). The van der Waals surface area contributed by atoms with Gasteiger partial charge in [-0.1, -0.05) is 72.3 Å². The van der Waals surface area contributed by atoms with E-state index in [1.165, 1.54) is 11.7 Å². The van der Waals surface area contributed by atoms with E-state index in [4.69, 9.17) is 26.8 Å². The van der Waals surface area contributed by atoms with Crippen LogP contribution in [0.1, 0.15) is 16.7 Å². The number of ether oxygens (including phenoxy) is 2. The number of hydrogen-bond donors (Lipinski definition) is 1. The van der Waals surface area contributed by atoms with Crippen LogP contribution in [0.2, 0.25) is 5.02 Å². The van der Waals surface area contributed by atoms with Crippen LogP contribution in [0.5, 0.6) is 11.5 Å². The number of fused-ring (bicyclic) bond motifs is 1. The maximum Gasteiger partial charge on any atom is 0.142 e. The van der Waals surface area contributed by atoms with Crippen molar-refractivity contribution in [3.8, 4) is 22.6 Å². The third-order valence-electron chi connectivity index (χ3n) is 5.63. The van der Waals surface area contributed by atoms with Crippen LogP contribution in [-0.4, -0.2) is 8.75 Å². The van der Waals surface area contributed by atoms with Gasteiger partial charge in [-0.2, -0.15) is 8.75 Å². The molecule has 35 heavy (non-hydrogen) atoms. The zero-order valence-electron chi connectivity index (χ0n) is 18.6. The van der Waals surface area contributed by atoms with Gasteiger partial charge in [0.1, 0.15) is 35.7 Å². The van der Waals surface area contributed by atoms with Crippen molar-refractivity contribution >= 4 is 50.3 Å². The molecule has 0 atom stereocenters. The van der Waals surface area contributed by atoms with E-state index in [0.29, 0.717) is 36.3 Å². The Kier molecular flexibility index (Phi) is 7.29. The molecule has 1 aromatic heterocycles. The second kappa shape index (κ2) is 10.7. The Morgan fingerprint density at radius 3 is 2.37 bits per heavy atom. The summed E-state index contributed by atoms with van der Waals surface area (Å²) in [5.41, 5.74) is 12.7. The molecule has 5 nitrogen and oxygen atoms in total. The lowest BCUT2D eigenvalue weighted by atomic mass is 10.0. The number of hydrogen-bond acceptors (Lipinski definition) is 6. The van der Waals surface area contributed by atoms with Gasteiger partial charge in [0.15, 0.2) is 0 Å². The second-order valence-corrected chi connectivity index (χ2v) is 9.59. The third-order valence-corrected chi connectivity index (χ3v) is 7.41. The number of nitrogens with zero attached hydrogens (tertiary/aromatic N) is 2. The molecular weight excluding hydrogens is 546 g/mol. The van der Waals surface area contributed by atoms with Crippen LogP contribution >= 0.6 is 39.3 Å². The number of rotatable bonds is 8. The van der Waals surface area contributed by atoms with Gasteiger partial charge >= 0.3 is 0 Å². The van der Waals surface area contributed by atoms with E-state index in [9.17, 15) is 0 Å². The molecule has 0 aliphatic heterocycles. The lowest BCUT2D eigenvalue weighted by Crippen LogP contribution is -2.05. The van der Waals surface area contributed by atoms with Gasteiger partial charge in [-0.25, -0.2) is 0 Å². The van der Waals surface area contributed by atoms with Gasteiger partial charge < -0.3 is 15.2 Å². The standard InChI is InChI=1S/C27H21BrClN3O2S/c28-26-18(8-4-10-21(26)17-6-2-1-3-7-17)15-34-25-13-24(20(14-30)12-22(25)29)33-16-19-9-5-11-23-27(19)32-35-31-23/h1-13H,14-16,30H2. The molecule has 0 spiro atoms. The van der Waals surface area contributed by atoms with Gasteiger partial charge in [0.25, 0.3) is 0 Å². The van der Waals surface area contributed by atoms with Crippen LogP contribution in [0.15, 0.2) is 83.3 Å². The maximum atomic E-state index is 6.53. The summed E-state index contributed by atoms with van der Waals surface area (Å²) in [6.07, 6.45) is 0. The Balaban J connectivity index is 1.36. The van der Waals surface area contributed by atoms with Gasteiger partial charge in [0.2, 0.25) is 0 Å². The van der Waals surface area contributed by atoms with Crippen molar-refractivity contribution in [2.45, 2.75) is 19.8 Å². The van der Waals surface area contributed by atoms with Crippen molar-refractivity contribution in [2.24, 2.45) is 5.73 Å². The quantitative estimate of drug-likeness (QED) is 0.212. The summed E-state index contributed by atoms with van der Waals surface area (Å²) in [4.78, 5) is 0. The summed E-state index contributed by atoms with van der Waals surface area (Å²) >= 11 is 11.5. The third kappa shape index (κ3) is 5.18. The minimum atomic E-state index is 0.294.